The second kappa shape index (κ2) is 8.49. The zero-order valence-corrected chi connectivity index (χ0v) is 17.8. The molecule has 0 bridgehead atoms. The minimum atomic E-state index is -0.0535. The van der Waals surface area contributed by atoms with Gasteiger partial charge in [0.25, 0.3) is 0 Å². The number of furan rings is 1. The number of hydrogen-bond acceptors (Lipinski definition) is 7. The first kappa shape index (κ1) is 19.7. The third kappa shape index (κ3) is 3.92. The predicted octanol–water partition coefficient (Wildman–Crippen LogP) is 5.08. The summed E-state index contributed by atoms with van der Waals surface area (Å²) in [6.45, 7) is 1.23. The number of ketones is 1. The quantitative estimate of drug-likeness (QED) is 0.425. The molecule has 3 aromatic heterocycles. The first-order valence-electron chi connectivity index (χ1n) is 10.1. The molecule has 1 fully saturated rings. The Bertz CT molecular complexity index is 1170. The molecule has 8 heteroatoms. The van der Waals surface area contributed by atoms with Gasteiger partial charge < -0.3 is 18.9 Å². The van der Waals surface area contributed by atoms with Crippen LogP contribution >= 0.6 is 11.3 Å². The lowest BCUT2D eigenvalue weighted by molar-refractivity contribution is 0.0547. The lowest BCUT2D eigenvalue weighted by Gasteiger charge is -2.20. The molecular formula is C23H21N3O4S. The molecule has 1 aliphatic heterocycles. The standard InChI is InChI=1S/C23H21N3O4S/c1-28-16-6-4-14(5-7-16)17-13-24-22(25-17)23-26-19(18-3-2-10-30-18)21(31-23)20(27)15-8-11-29-12-9-15/h2-7,10,13,15H,8-9,11-12H2,1H3,(H,24,25). The van der Waals surface area contributed by atoms with Crippen LogP contribution in [0, 0.1) is 5.92 Å². The number of carbonyl (C=O) groups is 1. The summed E-state index contributed by atoms with van der Waals surface area (Å²) >= 11 is 1.35. The number of benzene rings is 1. The van der Waals surface area contributed by atoms with Gasteiger partial charge in [0, 0.05) is 19.1 Å². The van der Waals surface area contributed by atoms with E-state index in [1.165, 1.54) is 11.3 Å². The number of imidazole rings is 1. The number of nitrogens with one attached hydrogen (secondary N) is 1. The molecule has 0 saturated carbocycles. The van der Waals surface area contributed by atoms with Crippen molar-refractivity contribution in [3.63, 3.8) is 0 Å². The van der Waals surface area contributed by atoms with Crippen LogP contribution in [0.3, 0.4) is 0 Å². The second-order valence-electron chi connectivity index (χ2n) is 7.30. The van der Waals surface area contributed by atoms with Crippen LogP contribution in [0.4, 0.5) is 0 Å². The summed E-state index contributed by atoms with van der Waals surface area (Å²) in [5, 5.41) is 0.654. The van der Waals surface area contributed by atoms with Crippen molar-refractivity contribution in [1.82, 2.24) is 15.0 Å². The van der Waals surface area contributed by atoms with Gasteiger partial charge in [-0.25, -0.2) is 9.97 Å². The van der Waals surface area contributed by atoms with Gasteiger partial charge in [-0.15, -0.1) is 11.3 Å². The van der Waals surface area contributed by atoms with Crippen LogP contribution in [0.25, 0.3) is 33.5 Å². The third-order valence-corrected chi connectivity index (χ3v) is 6.45. The molecule has 0 amide bonds. The molecule has 31 heavy (non-hydrogen) atoms. The highest BCUT2D eigenvalue weighted by molar-refractivity contribution is 7.17. The number of aromatic amines is 1. The molecule has 0 aliphatic carbocycles. The number of ether oxygens (including phenoxy) is 2. The highest BCUT2D eigenvalue weighted by Gasteiger charge is 2.29. The molecule has 158 valence electrons. The van der Waals surface area contributed by atoms with Crippen molar-refractivity contribution in [2.24, 2.45) is 5.92 Å². The van der Waals surface area contributed by atoms with E-state index in [0.29, 0.717) is 40.4 Å². The topological polar surface area (TPSA) is 90.2 Å². The van der Waals surface area contributed by atoms with Gasteiger partial charge in [0.2, 0.25) is 0 Å². The molecule has 7 nitrogen and oxygen atoms in total. The van der Waals surface area contributed by atoms with Crippen LogP contribution < -0.4 is 4.74 Å². The average molecular weight is 436 g/mol. The first-order chi connectivity index (χ1) is 15.2. The van der Waals surface area contributed by atoms with Gasteiger partial charge in [-0.05, 0) is 54.8 Å². The third-order valence-electron chi connectivity index (χ3n) is 5.38. The maximum atomic E-state index is 13.3. The molecule has 0 radical (unpaired) electrons. The maximum Gasteiger partial charge on any atom is 0.178 e. The second-order valence-corrected chi connectivity index (χ2v) is 8.30. The van der Waals surface area contributed by atoms with Gasteiger partial charge in [0.15, 0.2) is 22.4 Å². The van der Waals surface area contributed by atoms with E-state index < -0.39 is 0 Å². The number of aromatic nitrogens is 3. The van der Waals surface area contributed by atoms with Crippen molar-refractivity contribution in [2.45, 2.75) is 12.8 Å². The number of carbonyl (C=O) groups excluding carboxylic acids is 1. The highest BCUT2D eigenvalue weighted by atomic mass is 32.1. The monoisotopic (exact) mass is 435 g/mol. The Morgan fingerprint density at radius 2 is 2.00 bits per heavy atom. The lowest BCUT2D eigenvalue weighted by Crippen LogP contribution is -2.23. The van der Waals surface area contributed by atoms with E-state index in [2.05, 4.69) is 9.97 Å². The molecule has 0 atom stereocenters. The van der Waals surface area contributed by atoms with E-state index in [0.717, 1.165) is 29.8 Å². The number of Topliss-reactive ketones (excluding diaryl/α,β-unsaturated/α-hetero) is 1. The van der Waals surface area contributed by atoms with E-state index >= 15 is 0 Å². The molecule has 0 unspecified atom stereocenters. The molecule has 1 N–H and O–H groups in total. The fourth-order valence-electron chi connectivity index (χ4n) is 3.66. The number of hydrogen-bond donors (Lipinski definition) is 1. The van der Waals surface area contributed by atoms with Crippen LogP contribution in [0.2, 0.25) is 0 Å². The lowest BCUT2D eigenvalue weighted by atomic mass is 9.94. The van der Waals surface area contributed by atoms with Crippen molar-refractivity contribution in [2.75, 3.05) is 20.3 Å². The minimum absolute atomic E-state index is 0.0535. The largest absolute Gasteiger partial charge is 0.497 e. The van der Waals surface area contributed by atoms with Crippen LogP contribution in [0.15, 0.2) is 53.3 Å². The Morgan fingerprint density at radius 1 is 1.19 bits per heavy atom. The maximum absolute atomic E-state index is 13.3. The summed E-state index contributed by atoms with van der Waals surface area (Å²) in [4.78, 5) is 26.5. The zero-order valence-electron chi connectivity index (χ0n) is 17.0. The van der Waals surface area contributed by atoms with Gasteiger partial charge >= 0.3 is 0 Å². The first-order valence-corrected chi connectivity index (χ1v) is 10.9. The molecule has 1 aliphatic rings. The van der Waals surface area contributed by atoms with E-state index in [4.69, 9.17) is 18.9 Å². The van der Waals surface area contributed by atoms with Crippen LogP contribution in [-0.4, -0.2) is 41.1 Å². The zero-order chi connectivity index (χ0) is 21.2. The van der Waals surface area contributed by atoms with Gasteiger partial charge in [-0.3, -0.25) is 4.79 Å². The van der Waals surface area contributed by atoms with Gasteiger partial charge in [-0.2, -0.15) is 0 Å². The highest BCUT2D eigenvalue weighted by Crippen LogP contribution is 2.36. The number of thiazole rings is 1. The number of nitrogens with zero attached hydrogens (tertiary/aromatic N) is 2. The van der Waals surface area contributed by atoms with Crippen LogP contribution in [0.5, 0.6) is 5.75 Å². The van der Waals surface area contributed by atoms with Gasteiger partial charge in [0.1, 0.15) is 16.3 Å². The molecular weight excluding hydrogens is 414 g/mol. The fraction of sp³-hybridized carbons (Fsp3) is 0.261. The molecule has 0 spiro atoms. The number of rotatable bonds is 6. The summed E-state index contributed by atoms with van der Waals surface area (Å²) in [6, 6.07) is 11.4. The Balaban J connectivity index is 1.50. The Hall–Kier alpha value is -3.23. The minimum Gasteiger partial charge on any atom is -0.497 e. The molecule has 4 heterocycles. The van der Waals surface area contributed by atoms with E-state index in [1.807, 2.05) is 30.3 Å². The van der Waals surface area contributed by atoms with Gasteiger partial charge in [0.05, 0.1) is 25.3 Å². The van der Waals surface area contributed by atoms with Crippen molar-refractivity contribution < 1.29 is 18.7 Å². The fourth-order valence-corrected chi connectivity index (χ4v) is 4.70. The van der Waals surface area contributed by atoms with Crippen molar-refractivity contribution >= 4 is 17.1 Å². The molecule has 4 aromatic rings. The van der Waals surface area contributed by atoms with Crippen molar-refractivity contribution in [1.29, 1.82) is 0 Å². The van der Waals surface area contributed by atoms with E-state index in [9.17, 15) is 4.79 Å². The summed E-state index contributed by atoms with van der Waals surface area (Å²) in [5.41, 5.74) is 2.43. The average Bonchev–Trinajstić information content (AvgIpc) is 3.59. The SMILES string of the molecule is COc1ccc(-c2cnc(-c3nc(-c4ccco4)c(C(=O)C4CCOCC4)s3)[nH]2)cc1. The van der Waals surface area contributed by atoms with Crippen LogP contribution in [0.1, 0.15) is 22.5 Å². The van der Waals surface area contributed by atoms with E-state index in [1.54, 1.807) is 25.6 Å². The van der Waals surface area contributed by atoms with Crippen molar-refractivity contribution in [3.05, 3.63) is 53.7 Å². The summed E-state index contributed by atoms with van der Waals surface area (Å²) in [7, 11) is 1.64. The summed E-state index contributed by atoms with van der Waals surface area (Å²) in [5.74, 6) is 2.04. The Morgan fingerprint density at radius 3 is 2.71 bits per heavy atom. The van der Waals surface area contributed by atoms with Crippen LogP contribution in [-0.2, 0) is 4.74 Å². The Kier molecular flexibility index (Phi) is 5.40. The van der Waals surface area contributed by atoms with Gasteiger partial charge in [-0.1, -0.05) is 0 Å². The molecule has 1 saturated heterocycles. The summed E-state index contributed by atoms with van der Waals surface area (Å²) in [6.07, 6.45) is 4.81. The predicted molar refractivity (Wildman–Crippen MR) is 117 cm³/mol. The normalized spacial score (nSPS) is 14.6. The summed E-state index contributed by atoms with van der Waals surface area (Å²) < 4.78 is 16.2. The van der Waals surface area contributed by atoms with Crippen molar-refractivity contribution in [3.8, 4) is 39.3 Å². The molecule has 5 rings (SSSR count). The number of methoxy groups -OCH3 is 1. The smallest absolute Gasteiger partial charge is 0.178 e. The Labute approximate surface area is 183 Å². The van der Waals surface area contributed by atoms with E-state index in [-0.39, 0.29) is 11.7 Å². The number of H-pyrrole nitrogens is 1. The molecule has 1 aromatic carbocycles.